The normalized spacial score (nSPS) is 10.6. The Bertz CT molecular complexity index is 1030. The molecule has 0 spiro atoms. The zero-order chi connectivity index (χ0) is 26.7. The number of esters is 1. The molecule has 5 nitrogen and oxygen atoms in total. The van der Waals surface area contributed by atoms with Gasteiger partial charge in [-0.1, -0.05) is 108 Å². The van der Waals surface area contributed by atoms with E-state index < -0.39 is 11.9 Å². The highest BCUT2D eigenvalue weighted by Gasteiger charge is 2.21. The van der Waals surface area contributed by atoms with E-state index in [4.69, 9.17) is 4.74 Å². The number of carbonyl (C=O) groups is 2. The SMILES string of the molecule is CCCCCCCCOC(=O)c1cccc(CCCCCCCC)c1C(=O)O.c1ccc2[nH]ccc2c1. The van der Waals surface area contributed by atoms with Crippen LogP contribution in [0.25, 0.3) is 10.9 Å². The number of carbonyl (C=O) groups excluding carboxylic acids is 1. The van der Waals surface area contributed by atoms with Crippen LogP contribution in [0, 0.1) is 0 Å². The predicted octanol–water partition coefficient (Wildman–Crippen LogP) is 8.97. The van der Waals surface area contributed by atoms with Gasteiger partial charge in [0.1, 0.15) is 0 Å². The highest BCUT2D eigenvalue weighted by Crippen LogP contribution is 2.20. The molecule has 0 aliphatic heterocycles. The van der Waals surface area contributed by atoms with Gasteiger partial charge < -0.3 is 14.8 Å². The summed E-state index contributed by atoms with van der Waals surface area (Å²) in [5.41, 5.74) is 2.24. The molecular formula is C32H45NO4. The number of H-pyrrole nitrogens is 1. The van der Waals surface area contributed by atoms with Gasteiger partial charge in [-0.05, 0) is 48.4 Å². The summed E-state index contributed by atoms with van der Waals surface area (Å²) in [7, 11) is 0. The summed E-state index contributed by atoms with van der Waals surface area (Å²) in [6, 6.07) is 15.4. The number of rotatable bonds is 16. The highest BCUT2D eigenvalue weighted by atomic mass is 16.5. The summed E-state index contributed by atoms with van der Waals surface area (Å²) in [6.45, 7) is 4.73. The summed E-state index contributed by atoms with van der Waals surface area (Å²) >= 11 is 0. The van der Waals surface area contributed by atoms with E-state index in [0.29, 0.717) is 13.0 Å². The lowest BCUT2D eigenvalue weighted by Gasteiger charge is -2.12. The average Bonchev–Trinajstić information content (AvgIpc) is 3.39. The minimum atomic E-state index is -1.05. The summed E-state index contributed by atoms with van der Waals surface area (Å²) < 4.78 is 5.35. The Morgan fingerprint density at radius 3 is 2.08 bits per heavy atom. The van der Waals surface area contributed by atoms with Gasteiger partial charge in [-0.2, -0.15) is 0 Å². The smallest absolute Gasteiger partial charge is 0.339 e. The predicted molar refractivity (Wildman–Crippen MR) is 152 cm³/mol. The number of aromatic nitrogens is 1. The van der Waals surface area contributed by atoms with Crippen molar-refractivity contribution < 1.29 is 19.4 Å². The van der Waals surface area contributed by atoms with Gasteiger partial charge in [0.05, 0.1) is 17.7 Å². The molecule has 1 aromatic heterocycles. The van der Waals surface area contributed by atoms with Crippen molar-refractivity contribution in [2.45, 2.75) is 97.3 Å². The van der Waals surface area contributed by atoms with Gasteiger partial charge in [-0.3, -0.25) is 0 Å². The molecule has 202 valence electrons. The van der Waals surface area contributed by atoms with Crippen molar-refractivity contribution in [1.82, 2.24) is 4.98 Å². The fourth-order valence-electron chi connectivity index (χ4n) is 4.45. The topological polar surface area (TPSA) is 79.4 Å². The first-order chi connectivity index (χ1) is 18.1. The number of fused-ring (bicyclic) bond motifs is 1. The molecule has 0 fully saturated rings. The molecular weight excluding hydrogens is 462 g/mol. The van der Waals surface area contributed by atoms with Gasteiger partial charge in [-0.25, -0.2) is 9.59 Å². The molecule has 0 bridgehead atoms. The van der Waals surface area contributed by atoms with Crippen molar-refractivity contribution >= 4 is 22.8 Å². The Morgan fingerprint density at radius 2 is 1.41 bits per heavy atom. The van der Waals surface area contributed by atoms with Crippen molar-refractivity contribution in [3.05, 3.63) is 71.4 Å². The lowest BCUT2D eigenvalue weighted by atomic mass is 9.96. The van der Waals surface area contributed by atoms with Gasteiger partial charge >= 0.3 is 11.9 Å². The maximum absolute atomic E-state index is 12.4. The van der Waals surface area contributed by atoms with Crippen LogP contribution in [0.2, 0.25) is 0 Å². The number of aryl methyl sites for hydroxylation is 1. The molecule has 0 aliphatic carbocycles. The molecule has 3 aromatic rings. The average molecular weight is 508 g/mol. The first-order valence-electron chi connectivity index (χ1n) is 14.1. The van der Waals surface area contributed by atoms with E-state index >= 15 is 0 Å². The molecule has 3 rings (SSSR count). The number of carboxylic acids is 1. The monoisotopic (exact) mass is 507 g/mol. The zero-order valence-electron chi connectivity index (χ0n) is 22.8. The number of benzene rings is 2. The van der Waals surface area contributed by atoms with Crippen LogP contribution in [0.4, 0.5) is 0 Å². The largest absolute Gasteiger partial charge is 0.478 e. The van der Waals surface area contributed by atoms with Crippen LogP contribution in [0.15, 0.2) is 54.7 Å². The van der Waals surface area contributed by atoms with Crippen molar-refractivity contribution in [2.75, 3.05) is 6.61 Å². The summed E-state index contributed by atoms with van der Waals surface area (Å²) in [5.74, 6) is -1.57. The van der Waals surface area contributed by atoms with Crippen molar-refractivity contribution in [3.8, 4) is 0 Å². The van der Waals surface area contributed by atoms with E-state index in [0.717, 1.165) is 37.7 Å². The maximum atomic E-state index is 12.4. The number of carboxylic acid groups (broad SMARTS) is 1. The van der Waals surface area contributed by atoms with Crippen molar-refractivity contribution in [1.29, 1.82) is 0 Å². The van der Waals surface area contributed by atoms with Crippen LogP contribution >= 0.6 is 0 Å². The molecule has 0 amide bonds. The molecule has 0 atom stereocenters. The second kappa shape index (κ2) is 18.2. The molecule has 0 unspecified atom stereocenters. The molecule has 2 N–H and O–H groups in total. The number of unbranched alkanes of at least 4 members (excludes halogenated alkanes) is 10. The Hall–Kier alpha value is -3.08. The van der Waals surface area contributed by atoms with Gasteiger partial charge in [0.15, 0.2) is 0 Å². The highest BCUT2D eigenvalue weighted by molar-refractivity contribution is 6.03. The molecule has 37 heavy (non-hydrogen) atoms. The van der Waals surface area contributed by atoms with Gasteiger partial charge in [0.2, 0.25) is 0 Å². The van der Waals surface area contributed by atoms with Crippen molar-refractivity contribution in [3.63, 3.8) is 0 Å². The molecule has 2 aromatic carbocycles. The number of hydrogen-bond acceptors (Lipinski definition) is 3. The van der Waals surface area contributed by atoms with E-state index in [-0.39, 0.29) is 11.1 Å². The second-order valence-electron chi connectivity index (χ2n) is 9.63. The molecule has 5 heteroatoms. The third-order valence-electron chi connectivity index (χ3n) is 6.58. The standard InChI is InChI=1S/C24H38O4.C8H7N/c1-3-5-7-9-11-13-16-20-17-15-18-21(22(20)23(25)26)24(27)28-19-14-12-10-8-6-4-2;1-2-4-8-7(3-1)5-6-9-8/h15,17-18H,3-14,16,19H2,1-2H3,(H,25,26);1-6,9H. The second-order valence-corrected chi connectivity index (χ2v) is 9.63. The first kappa shape index (κ1) is 30.1. The molecule has 0 aliphatic rings. The lowest BCUT2D eigenvalue weighted by molar-refractivity contribution is 0.0487. The third kappa shape index (κ3) is 11.2. The van der Waals surface area contributed by atoms with Gasteiger partial charge in [-0.15, -0.1) is 0 Å². The van der Waals surface area contributed by atoms with Crippen LogP contribution in [0.3, 0.4) is 0 Å². The summed E-state index contributed by atoms with van der Waals surface area (Å²) in [5, 5.41) is 10.9. The first-order valence-corrected chi connectivity index (χ1v) is 14.1. The number of hydrogen-bond donors (Lipinski definition) is 2. The molecule has 0 saturated heterocycles. The van der Waals surface area contributed by atoms with Crippen molar-refractivity contribution in [2.24, 2.45) is 0 Å². The van der Waals surface area contributed by atoms with E-state index in [1.165, 1.54) is 55.8 Å². The Morgan fingerprint density at radius 1 is 0.757 bits per heavy atom. The lowest BCUT2D eigenvalue weighted by Crippen LogP contribution is -2.15. The summed E-state index contributed by atoms with van der Waals surface area (Å²) in [4.78, 5) is 27.3. The number of para-hydroxylation sites is 1. The van der Waals surface area contributed by atoms with Crippen LogP contribution in [0.1, 0.15) is 117 Å². The van der Waals surface area contributed by atoms with Gasteiger partial charge in [0, 0.05) is 11.7 Å². The van der Waals surface area contributed by atoms with Crippen LogP contribution in [-0.2, 0) is 11.2 Å². The minimum Gasteiger partial charge on any atom is -0.478 e. The third-order valence-corrected chi connectivity index (χ3v) is 6.58. The number of nitrogens with one attached hydrogen (secondary N) is 1. The quantitative estimate of drug-likeness (QED) is 0.150. The number of aromatic amines is 1. The Kier molecular flexibility index (Phi) is 14.8. The van der Waals surface area contributed by atoms with E-state index in [1.807, 2.05) is 24.4 Å². The number of ether oxygens (including phenoxy) is 1. The molecule has 0 radical (unpaired) electrons. The fraction of sp³-hybridized carbons (Fsp3) is 0.500. The van der Waals surface area contributed by atoms with Crippen LogP contribution in [-0.4, -0.2) is 28.6 Å². The van der Waals surface area contributed by atoms with Gasteiger partial charge in [0.25, 0.3) is 0 Å². The van der Waals surface area contributed by atoms with E-state index in [2.05, 4.69) is 37.0 Å². The summed E-state index contributed by atoms with van der Waals surface area (Å²) in [6.07, 6.45) is 16.2. The number of aromatic carboxylic acids is 1. The van der Waals surface area contributed by atoms with E-state index in [1.54, 1.807) is 12.1 Å². The maximum Gasteiger partial charge on any atom is 0.339 e. The molecule has 1 heterocycles. The van der Waals surface area contributed by atoms with Crippen LogP contribution in [0.5, 0.6) is 0 Å². The Labute approximate surface area is 222 Å². The van der Waals surface area contributed by atoms with E-state index in [9.17, 15) is 14.7 Å². The minimum absolute atomic E-state index is 0.115. The fourth-order valence-corrected chi connectivity index (χ4v) is 4.45. The Balaban J connectivity index is 0.000000439. The van der Waals surface area contributed by atoms with Crippen LogP contribution < -0.4 is 0 Å². The zero-order valence-corrected chi connectivity index (χ0v) is 22.8. The molecule has 0 saturated carbocycles.